The van der Waals surface area contributed by atoms with Crippen LogP contribution in [0.4, 0.5) is 0 Å². The van der Waals surface area contributed by atoms with Crippen molar-refractivity contribution in [2.45, 2.75) is 0 Å². The molecule has 0 N–H and O–H groups in total. The molecule has 0 saturated heterocycles. The zero-order valence-corrected chi connectivity index (χ0v) is 7.82. The summed E-state index contributed by atoms with van der Waals surface area (Å²) in [5.41, 5.74) is 0.158. The molecule has 0 heterocycles. The van der Waals surface area contributed by atoms with E-state index in [1.165, 1.54) is 19.2 Å². The molecule has 3 nitrogen and oxygen atoms in total. The molecule has 0 saturated carbocycles. The number of ether oxygens (including phenoxy) is 1. The molecule has 0 bridgehead atoms. The zero-order chi connectivity index (χ0) is 8.27. The maximum Gasteiger partial charge on any atom is 1.00 e. The molecule has 1 rings (SSSR count). The molecule has 0 aliphatic rings. The number of hydrogen-bond acceptors (Lipinski definition) is 3. The van der Waals surface area contributed by atoms with Gasteiger partial charge in [-0.25, -0.2) is 0 Å². The van der Waals surface area contributed by atoms with Gasteiger partial charge in [0.1, 0.15) is 5.75 Å². The molecule has 12 heavy (non-hydrogen) atoms. The van der Waals surface area contributed by atoms with Crippen LogP contribution in [-0.4, -0.2) is 13.1 Å². The van der Waals surface area contributed by atoms with Crippen LogP contribution in [0.3, 0.4) is 0 Å². The van der Waals surface area contributed by atoms with Crippen LogP contribution in [-0.2, 0) is 22.4 Å². The smallest absolute Gasteiger partial charge is 0.545 e. The van der Waals surface area contributed by atoms with Gasteiger partial charge in [0.2, 0.25) is 0 Å². The minimum absolute atomic E-state index is 0. The normalized spacial score (nSPS) is 8.42. The number of carboxylic acids is 1. The van der Waals surface area contributed by atoms with E-state index in [9.17, 15) is 9.90 Å². The Bertz CT molecular complexity index is 256. The Kier molecular flexibility index (Phi) is 4.66. The Morgan fingerprint density at radius 3 is 2.17 bits per heavy atom. The van der Waals surface area contributed by atoms with Crippen LogP contribution >= 0.6 is 0 Å². The van der Waals surface area contributed by atoms with Gasteiger partial charge in [0.05, 0.1) is 13.1 Å². The second-order valence-corrected chi connectivity index (χ2v) is 2.02. The van der Waals surface area contributed by atoms with Crippen LogP contribution in [0, 0.1) is 0 Å². The van der Waals surface area contributed by atoms with Gasteiger partial charge in [-0.3, -0.25) is 0 Å². The quantitative estimate of drug-likeness (QED) is 0.705. The fourth-order valence-electron chi connectivity index (χ4n) is 0.727. The van der Waals surface area contributed by atoms with E-state index in [4.69, 9.17) is 4.74 Å². The molecule has 0 spiro atoms. The van der Waals surface area contributed by atoms with E-state index in [2.05, 4.69) is 0 Å². The van der Waals surface area contributed by atoms with Crippen molar-refractivity contribution in [2.75, 3.05) is 7.11 Å². The second kappa shape index (κ2) is 4.98. The van der Waals surface area contributed by atoms with Crippen LogP contribution in [0.15, 0.2) is 24.3 Å². The number of carbonyl (C=O) groups is 1. The van der Waals surface area contributed by atoms with E-state index in [1.807, 2.05) is 0 Å². The molecule has 4 heteroatoms. The van der Waals surface area contributed by atoms with Crippen LogP contribution in [0.5, 0.6) is 5.75 Å². The molecule has 0 radical (unpaired) electrons. The number of methoxy groups -OCH3 is 1. The van der Waals surface area contributed by atoms with Crippen LogP contribution < -0.4 is 9.84 Å². The minimum atomic E-state index is -1.17. The van der Waals surface area contributed by atoms with Gasteiger partial charge in [0.15, 0.2) is 0 Å². The molecule has 1 aromatic rings. The largest absolute Gasteiger partial charge is 1.00 e. The van der Waals surface area contributed by atoms with Gasteiger partial charge in [-0.15, -0.1) is 0 Å². The first-order valence-electron chi connectivity index (χ1n) is 3.09. The average Bonchev–Trinajstić information content (AvgIpc) is 2.05. The summed E-state index contributed by atoms with van der Waals surface area (Å²) < 4.78 is 4.84. The van der Waals surface area contributed by atoms with Crippen molar-refractivity contribution in [3.05, 3.63) is 29.8 Å². The number of rotatable bonds is 2. The van der Waals surface area contributed by atoms with E-state index in [1.54, 1.807) is 12.1 Å². The Hall–Kier alpha value is -0.770. The van der Waals surface area contributed by atoms with Gasteiger partial charge in [-0.05, 0) is 29.8 Å². The summed E-state index contributed by atoms with van der Waals surface area (Å²) in [6.07, 6.45) is 0. The van der Waals surface area contributed by atoms with Crippen molar-refractivity contribution in [1.29, 1.82) is 0 Å². The third kappa shape index (κ3) is 2.70. The van der Waals surface area contributed by atoms with Crippen LogP contribution in [0.1, 0.15) is 10.4 Å². The summed E-state index contributed by atoms with van der Waals surface area (Å²) in [5, 5.41) is 10.2. The maximum absolute atomic E-state index is 10.2. The molecule has 1 aromatic carbocycles. The summed E-state index contributed by atoms with van der Waals surface area (Å²) in [6.45, 7) is 0. The number of aromatic carboxylic acids is 1. The average molecular weight is 259 g/mol. The monoisotopic (exact) mass is 258 g/mol. The van der Waals surface area contributed by atoms with Gasteiger partial charge >= 0.3 is 22.4 Å². The number of carboxylic acid groups (broad SMARTS) is 1. The number of benzene rings is 1. The Balaban J connectivity index is 0.00000121. The Morgan fingerprint density at radius 1 is 1.33 bits per heavy atom. The number of hydrogen-bond donors (Lipinski definition) is 0. The summed E-state index contributed by atoms with van der Waals surface area (Å²) in [7, 11) is 1.52. The third-order valence-corrected chi connectivity index (χ3v) is 1.33. The zero-order valence-electron chi connectivity index (χ0n) is 6.34. The Morgan fingerprint density at radius 2 is 1.83 bits per heavy atom. The van der Waals surface area contributed by atoms with Gasteiger partial charge in [0, 0.05) is 0 Å². The van der Waals surface area contributed by atoms with Crippen molar-refractivity contribution >= 4 is 5.97 Å². The van der Waals surface area contributed by atoms with E-state index >= 15 is 0 Å². The SMILES string of the molecule is COc1ccc(C(=O)[O-])cc1.[Ag+]. The van der Waals surface area contributed by atoms with E-state index in [0.29, 0.717) is 5.75 Å². The van der Waals surface area contributed by atoms with Gasteiger partial charge in [-0.1, -0.05) is 0 Å². The molecular formula is C8H7AgO3. The first kappa shape index (κ1) is 11.2. The first-order valence-corrected chi connectivity index (χ1v) is 3.09. The molecule has 0 aromatic heterocycles. The Labute approximate surface area is 85.9 Å². The molecule has 0 atom stereocenters. The van der Waals surface area contributed by atoms with Gasteiger partial charge < -0.3 is 14.6 Å². The molecular weight excluding hydrogens is 252 g/mol. The van der Waals surface area contributed by atoms with Crippen molar-refractivity contribution in [3.8, 4) is 5.75 Å². The molecule has 0 amide bonds. The van der Waals surface area contributed by atoms with Crippen LogP contribution in [0.25, 0.3) is 0 Å². The van der Waals surface area contributed by atoms with E-state index < -0.39 is 5.97 Å². The molecule has 68 valence electrons. The van der Waals surface area contributed by atoms with Crippen molar-refractivity contribution in [1.82, 2.24) is 0 Å². The molecule has 0 aliphatic carbocycles. The topological polar surface area (TPSA) is 49.4 Å². The molecule has 0 unspecified atom stereocenters. The fourth-order valence-corrected chi connectivity index (χ4v) is 0.727. The van der Waals surface area contributed by atoms with Crippen molar-refractivity contribution in [3.63, 3.8) is 0 Å². The molecule has 0 fully saturated rings. The van der Waals surface area contributed by atoms with E-state index in [-0.39, 0.29) is 27.9 Å². The van der Waals surface area contributed by atoms with Crippen LogP contribution in [0.2, 0.25) is 0 Å². The second-order valence-electron chi connectivity index (χ2n) is 2.02. The van der Waals surface area contributed by atoms with Gasteiger partial charge in [0.25, 0.3) is 0 Å². The predicted molar refractivity (Wildman–Crippen MR) is 37.3 cm³/mol. The summed E-state index contributed by atoms with van der Waals surface area (Å²) in [5.74, 6) is -0.539. The van der Waals surface area contributed by atoms with Crippen molar-refractivity contribution in [2.24, 2.45) is 0 Å². The third-order valence-electron chi connectivity index (χ3n) is 1.33. The van der Waals surface area contributed by atoms with Crippen molar-refractivity contribution < 1.29 is 37.0 Å². The summed E-state index contributed by atoms with van der Waals surface area (Å²) >= 11 is 0. The minimum Gasteiger partial charge on any atom is -0.545 e. The standard InChI is InChI=1S/C8H8O3.Ag/c1-11-7-4-2-6(3-5-7)8(9)10;/h2-5H,1H3,(H,9,10);/q;+1/p-1. The summed E-state index contributed by atoms with van der Waals surface area (Å²) in [6, 6.07) is 6.03. The number of carbonyl (C=O) groups excluding carboxylic acids is 1. The summed E-state index contributed by atoms with van der Waals surface area (Å²) in [4.78, 5) is 10.2. The maximum atomic E-state index is 10.2. The molecule has 0 aliphatic heterocycles. The predicted octanol–water partition coefficient (Wildman–Crippen LogP) is 0.0562. The van der Waals surface area contributed by atoms with Gasteiger partial charge in [-0.2, -0.15) is 0 Å². The first-order chi connectivity index (χ1) is 5.24. The fraction of sp³-hybridized carbons (Fsp3) is 0.125. The van der Waals surface area contributed by atoms with E-state index in [0.717, 1.165) is 0 Å².